The van der Waals surface area contributed by atoms with E-state index < -0.39 is 0 Å². The van der Waals surface area contributed by atoms with E-state index in [9.17, 15) is 9.90 Å². The monoisotopic (exact) mass is 394 g/mol. The van der Waals surface area contributed by atoms with Crippen molar-refractivity contribution in [2.45, 2.75) is 18.4 Å². The Labute approximate surface area is 170 Å². The second kappa shape index (κ2) is 8.17. The predicted molar refractivity (Wildman–Crippen MR) is 112 cm³/mol. The topological polar surface area (TPSA) is 79.8 Å². The summed E-state index contributed by atoms with van der Waals surface area (Å²) in [6.07, 6.45) is 5.30. The molecular formula is C23H26N2O4. The molecule has 0 bridgehead atoms. The van der Waals surface area contributed by atoms with Crippen LogP contribution in [0.4, 0.5) is 5.69 Å². The van der Waals surface area contributed by atoms with Gasteiger partial charge in [-0.1, -0.05) is 36.4 Å². The molecular weight excluding hydrogens is 368 g/mol. The average molecular weight is 394 g/mol. The minimum Gasteiger partial charge on any atom is -0.504 e. The van der Waals surface area contributed by atoms with E-state index in [-0.39, 0.29) is 29.5 Å². The molecule has 3 atom stereocenters. The van der Waals surface area contributed by atoms with Crippen LogP contribution in [0.15, 0.2) is 48.6 Å². The molecule has 6 heteroatoms. The van der Waals surface area contributed by atoms with E-state index in [0.717, 1.165) is 23.2 Å². The highest BCUT2D eigenvalue weighted by molar-refractivity contribution is 6.00. The first kappa shape index (κ1) is 19.3. The lowest BCUT2D eigenvalue weighted by Gasteiger charge is -2.38. The summed E-state index contributed by atoms with van der Waals surface area (Å²) in [5.41, 5.74) is 3.32. The fourth-order valence-corrected chi connectivity index (χ4v) is 4.44. The number of phenols is 1. The summed E-state index contributed by atoms with van der Waals surface area (Å²) in [7, 11) is 3.15. The fourth-order valence-electron chi connectivity index (χ4n) is 4.44. The fraction of sp³-hybridized carbons (Fsp3) is 0.348. The van der Waals surface area contributed by atoms with Gasteiger partial charge in [-0.05, 0) is 30.0 Å². The number of phenolic OH excluding ortho intramolecular Hbond substituents is 1. The van der Waals surface area contributed by atoms with Crippen LogP contribution in [-0.2, 0) is 4.74 Å². The third kappa shape index (κ3) is 3.44. The third-order valence-electron chi connectivity index (χ3n) is 5.82. The molecule has 1 heterocycles. The Morgan fingerprint density at radius 1 is 1.21 bits per heavy atom. The molecule has 0 fully saturated rings. The Morgan fingerprint density at radius 3 is 2.79 bits per heavy atom. The van der Waals surface area contributed by atoms with Crippen molar-refractivity contribution in [2.75, 3.05) is 32.7 Å². The predicted octanol–water partition coefficient (Wildman–Crippen LogP) is 3.60. The molecule has 1 aliphatic heterocycles. The number of para-hydroxylation sites is 2. The number of amides is 1. The van der Waals surface area contributed by atoms with Gasteiger partial charge in [-0.25, -0.2) is 0 Å². The van der Waals surface area contributed by atoms with Gasteiger partial charge in [-0.15, -0.1) is 0 Å². The normalized spacial score (nSPS) is 21.8. The van der Waals surface area contributed by atoms with Gasteiger partial charge in [0.25, 0.3) is 5.91 Å². The number of hydrogen-bond donors (Lipinski definition) is 3. The number of aromatic hydroxyl groups is 1. The van der Waals surface area contributed by atoms with E-state index >= 15 is 0 Å². The van der Waals surface area contributed by atoms with Crippen molar-refractivity contribution in [1.29, 1.82) is 0 Å². The SMILES string of the molecule is COCCNC(=O)c1cccc2c1NC(c1cccc(OC)c1O)C1CC=CC21. The van der Waals surface area contributed by atoms with E-state index in [1.54, 1.807) is 20.3 Å². The number of ether oxygens (including phenoxy) is 2. The van der Waals surface area contributed by atoms with Gasteiger partial charge < -0.3 is 25.2 Å². The van der Waals surface area contributed by atoms with Gasteiger partial charge in [0.2, 0.25) is 0 Å². The van der Waals surface area contributed by atoms with Crippen molar-refractivity contribution in [2.24, 2.45) is 5.92 Å². The Morgan fingerprint density at radius 2 is 2.00 bits per heavy atom. The second-order valence-corrected chi connectivity index (χ2v) is 7.39. The van der Waals surface area contributed by atoms with Gasteiger partial charge in [0.15, 0.2) is 11.5 Å². The zero-order chi connectivity index (χ0) is 20.4. The molecule has 2 aliphatic rings. The minimum atomic E-state index is -0.138. The molecule has 4 rings (SSSR count). The molecule has 2 aromatic carbocycles. The summed E-state index contributed by atoms with van der Waals surface area (Å²) >= 11 is 0. The standard InChI is InChI=1S/C23H26N2O4/c1-28-13-12-24-23(27)18-10-4-8-16-14-6-3-7-15(14)20(25-21(16)18)17-9-5-11-19(29-2)22(17)26/h3-6,8-11,14-15,20,25-26H,7,12-13H2,1-2H3,(H,24,27). The van der Waals surface area contributed by atoms with Crippen LogP contribution < -0.4 is 15.4 Å². The van der Waals surface area contributed by atoms with Crippen molar-refractivity contribution >= 4 is 11.6 Å². The van der Waals surface area contributed by atoms with Gasteiger partial charge in [-0.3, -0.25) is 4.79 Å². The minimum absolute atomic E-state index is 0.134. The zero-order valence-corrected chi connectivity index (χ0v) is 16.6. The summed E-state index contributed by atoms with van der Waals surface area (Å²) < 4.78 is 10.3. The van der Waals surface area contributed by atoms with Crippen LogP contribution in [-0.4, -0.2) is 38.4 Å². The van der Waals surface area contributed by atoms with Crippen LogP contribution in [0.2, 0.25) is 0 Å². The third-order valence-corrected chi connectivity index (χ3v) is 5.82. The quantitative estimate of drug-likeness (QED) is 0.515. The Kier molecular flexibility index (Phi) is 5.45. The first-order valence-corrected chi connectivity index (χ1v) is 9.84. The molecule has 6 nitrogen and oxygen atoms in total. The maximum absolute atomic E-state index is 12.8. The van der Waals surface area contributed by atoms with E-state index in [1.807, 2.05) is 24.3 Å². The summed E-state index contributed by atoms with van der Waals surface area (Å²) in [6.45, 7) is 0.910. The maximum atomic E-state index is 12.8. The first-order valence-electron chi connectivity index (χ1n) is 9.84. The number of hydrogen-bond acceptors (Lipinski definition) is 5. The molecule has 152 valence electrons. The number of methoxy groups -OCH3 is 2. The van der Waals surface area contributed by atoms with Crippen LogP contribution in [0.3, 0.4) is 0 Å². The van der Waals surface area contributed by atoms with Crippen molar-refractivity contribution in [1.82, 2.24) is 5.32 Å². The highest BCUT2D eigenvalue weighted by atomic mass is 16.5. The van der Waals surface area contributed by atoms with Gasteiger partial charge in [0, 0.05) is 25.1 Å². The first-order chi connectivity index (χ1) is 14.2. The number of nitrogens with one attached hydrogen (secondary N) is 2. The number of fused-ring (bicyclic) bond motifs is 3. The van der Waals surface area contributed by atoms with Crippen molar-refractivity contribution < 1.29 is 19.4 Å². The molecule has 2 aromatic rings. The molecule has 3 unspecified atom stereocenters. The molecule has 3 N–H and O–H groups in total. The van der Waals surface area contributed by atoms with Gasteiger partial charge in [-0.2, -0.15) is 0 Å². The molecule has 0 radical (unpaired) electrons. The Bertz CT molecular complexity index is 940. The molecule has 0 saturated heterocycles. The van der Waals surface area contributed by atoms with Crippen LogP contribution in [0.5, 0.6) is 11.5 Å². The second-order valence-electron chi connectivity index (χ2n) is 7.39. The number of rotatable bonds is 6. The number of carbonyl (C=O) groups excluding carboxylic acids is 1. The van der Waals surface area contributed by atoms with E-state index in [4.69, 9.17) is 9.47 Å². The van der Waals surface area contributed by atoms with Crippen LogP contribution in [0.25, 0.3) is 0 Å². The average Bonchev–Trinajstić information content (AvgIpc) is 3.23. The zero-order valence-electron chi connectivity index (χ0n) is 16.6. The van der Waals surface area contributed by atoms with E-state index in [2.05, 4.69) is 28.9 Å². The highest BCUT2D eigenvalue weighted by Crippen LogP contribution is 2.52. The molecule has 0 aromatic heterocycles. The maximum Gasteiger partial charge on any atom is 0.253 e. The lowest BCUT2D eigenvalue weighted by atomic mass is 9.76. The molecule has 0 saturated carbocycles. The lowest BCUT2D eigenvalue weighted by molar-refractivity contribution is 0.0937. The van der Waals surface area contributed by atoms with Crippen LogP contribution in [0, 0.1) is 5.92 Å². The number of carbonyl (C=O) groups is 1. The van der Waals surface area contributed by atoms with E-state index in [1.165, 1.54) is 0 Å². The molecule has 29 heavy (non-hydrogen) atoms. The summed E-state index contributed by atoms with van der Waals surface area (Å²) in [5, 5.41) is 17.2. The Balaban J connectivity index is 1.74. The van der Waals surface area contributed by atoms with Crippen LogP contribution in [0.1, 0.15) is 39.9 Å². The largest absolute Gasteiger partial charge is 0.504 e. The summed E-state index contributed by atoms with van der Waals surface area (Å²) in [5.74, 6) is 0.896. The highest BCUT2D eigenvalue weighted by Gasteiger charge is 2.40. The van der Waals surface area contributed by atoms with Crippen molar-refractivity contribution in [3.05, 3.63) is 65.2 Å². The molecule has 1 aliphatic carbocycles. The van der Waals surface area contributed by atoms with Crippen molar-refractivity contribution in [3.8, 4) is 11.5 Å². The molecule has 0 spiro atoms. The van der Waals surface area contributed by atoms with Gasteiger partial charge in [0.05, 0.1) is 31.0 Å². The van der Waals surface area contributed by atoms with Gasteiger partial charge in [0.1, 0.15) is 0 Å². The summed E-state index contributed by atoms with van der Waals surface area (Å²) in [6, 6.07) is 11.2. The number of allylic oxidation sites excluding steroid dienone is 2. The molecule has 1 amide bonds. The smallest absolute Gasteiger partial charge is 0.253 e. The summed E-state index contributed by atoms with van der Waals surface area (Å²) in [4.78, 5) is 12.8. The van der Waals surface area contributed by atoms with E-state index in [0.29, 0.717) is 24.5 Å². The lowest BCUT2D eigenvalue weighted by Crippen LogP contribution is -2.33. The van der Waals surface area contributed by atoms with Crippen LogP contribution >= 0.6 is 0 Å². The number of benzene rings is 2. The Hall–Kier alpha value is -2.99. The number of anilines is 1. The van der Waals surface area contributed by atoms with Gasteiger partial charge >= 0.3 is 0 Å². The van der Waals surface area contributed by atoms with Crippen molar-refractivity contribution in [3.63, 3.8) is 0 Å².